The van der Waals surface area contributed by atoms with Crippen molar-refractivity contribution in [2.75, 3.05) is 11.9 Å². The van der Waals surface area contributed by atoms with Gasteiger partial charge in [0.15, 0.2) is 0 Å². The van der Waals surface area contributed by atoms with Gasteiger partial charge >= 0.3 is 0 Å². The lowest BCUT2D eigenvalue weighted by Crippen LogP contribution is -2.12. The summed E-state index contributed by atoms with van der Waals surface area (Å²) in [6, 6.07) is 9.35. The smallest absolute Gasteiger partial charge is 0.277 e. The number of ether oxygens (including phenoxy) is 1. The van der Waals surface area contributed by atoms with Crippen LogP contribution in [-0.2, 0) is 0 Å². The molecule has 2 rings (SSSR count). The number of nitrogens with one attached hydrogen (secondary N) is 1. The van der Waals surface area contributed by atoms with E-state index in [0.29, 0.717) is 24.0 Å². The van der Waals surface area contributed by atoms with Crippen LogP contribution in [-0.4, -0.2) is 22.4 Å². The zero-order chi connectivity index (χ0) is 19.3. The van der Waals surface area contributed by atoms with E-state index in [4.69, 9.17) is 4.74 Å². The predicted molar refractivity (Wildman–Crippen MR) is 94.5 cm³/mol. The maximum atomic E-state index is 12.3. The Hall–Kier alpha value is -3.49. The third kappa shape index (κ3) is 5.00. The van der Waals surface area contributed by atoms with Crippen LogP contribution in [0.3, 0.4) is 0 Å². The standard InChI is InChI=1S/C17H17N3O6/c1-11(2)10-26-16-5-3-13(4-6-16)18-17(21)12-7-14(19(22)23)9-15(8-12)20(24)25/h3-9,11H,10H2,1-2H3,(H,18,21). The fraction of sp³-hybridized carbons (Fsp3) is 0.235. The molecule has 0 bridgehead atoms. The summed E-state index contributed by atoms with van der Waals surface area (Å²) >= 11 is 0. The number of anilines is 1. The first kappa shape index (κ1) is 18.8. The molecule has 0 spiro atoms. The molecule has 0 aliphatic carbocycles. The molecule has 0 atom stereocenters. The van der Waals surface area contributed by atoms with Crippen LogP contribution in [0.2, 0.25) is 0 Å². The van der Waals surface area contributed by atoms with Crippen molar-refractivity contribution < 1.29 is 19.4 Å². The minimum Gasteiger partial charge on any atom is -0.493 e. The summed E-state index contributed by atoms with van der Waals surface area (Å²) < 4.78 is 5.53. The van der Waals surface area contributed by atoms with E-state index in [1.165, 1.54) is 0 Å². The lowest BCUT2D eigenvalue weighted by molar-refractivity contribution is -0.394. The number of benzene rings is 2. The molecule has 0 aliphatic rings. The Bertz CT molecular complexity index is 801. The Labute approximate surface area is 148 Å². The first-order valence-corrected chi connectivity index (χ1v) is 7.74. The highest BCUT2D eigenvalue weighted by atomic mass is 16.6. The molecule has 2 aromatic carbocycles. The van der Waals surface area contributed by atoms with Gasteiger partial charge in [0, 0.05) is 17.8 Å². The molecular weight excluding hydrogens is 342 g/mol. The highest BCUT2D eigenvalue weighted by Gasteiger charge is 2.20. The van der Waals surface area contributed by atoms with E-state index in [1.807, 2.05) is 13.8 Å². The third-order valence-corrected chi connectivity index (χ3v) is 3.28. The summed E-state index contributed by atoms with van der Waals surface area (Å²) in [5.74, 6) is 0.328. The second-order valence-corrected chi connectivity index (χ2v) is 5.94. The quantitative estimate of drug-likeness (QED) is 0.592. The Morgan fingerprint density at radius 3 is 2.04 bits per heavy atom. The topological polar surface area (TPSA) is 125 Å². The zero-order valence-electron chi connectivity index (χ0n) is 14.2. The molecule has 0 radical (unpaired) electrons. The average molecular weight is 359 g/mol. The number of hydrogen-bond donors (Lipinski definition) is 1. The van der Waals surface area contributed by atoms with Gasteiger partial charge in [-0.15, -0.1) is 0 Å². The summed E-state index contributed by atoms with van der Waals surface area (Å²) in [6.45, 7) is 4.60. The summed E-state index contributed by atoms with van der Waals surface area (Å²) in [5.41, 5.74) is -0.796. The van der Waals surface area contributed by atoms with E-state index in [9.17, 15) is 25.0 Å². The molecule has 1 amide bonds. The van der Waals surface area contributed by atoms with Crippen LogP contribution >= 0.6 is 0 Å². The summed E-state index contributed by atoms with van der Waals surface area (Å²) in [7, 11) is 0. The van der Waals surface area contributed by atoms with Gasteiger partial charge in [-0.25, -0.2) is 0 Å². The van der Waals surface area contributed by atoms with Gasteiger partial charge in [0.05, 0.1) is 28.1 Å². The Kier molecular flexibility index (Phi) is 5.84. The number of amides is 1. The van der Waals surface area contributed by atoms with Crippen molar-refractivity contribution in [2.45, 2.75) is 13.8 Å². The van der Waals surface area contributed by atoms with Crippen LogP contribution in [0.15, 0.2) is 42.5 Å². The molecule has 136 valence electrons. The van der Waals surface area contributed by atoms with Crippen molar-refractivity contribution in [3.05, 3.63) is 68.3 Å². The second-order valence-electron chi connectivity index (χ2n) is 5.94. The van der Waals surface area contributed by atoms with Crippen LogP contribution in [0.25, 0.3) is 0 Å². The highest BCUT2D eigenvalue weighted by molar-refractivity contribution is 6.05. The maximum Gasteiger partial charge on any atom is 0.277 e. The molecule has 26 heavy (non-hydrogen) atoms. The second kappa shape index (κ2) is 8.06. The molecule has 0 saturated carbocycles. The van der Waals surface area contributed by atoms with Crippen LogP contribution in [0, 0.1) is 26.1 Å². The summed E-state index contributed by atoms with van der Waals surface area (Å²) in [6.07, 6.45) is 0. The normalized spacial score (nSPS) is 10.4. The minimum absolute atomic E-state index is 0.175. The Morgan fingerprint density at radius 2 is 1.58 bits per heavy atom. The van der Waals surface area contributed by atoms with Crippen LogP contribution in [0.4, 0.5) is 17.1 Å². The molecule has 0 fully saturated rings. The number of carbonyl (C=O) groups excluding carboxylic acids is 1. The van der Waals surface area contributed by atoms with Crippen LogP contribution in [0.1, 0.15) is 24.2 Å². The number of nitro groups is 2. The number of carbonyl (C=O) groups is 1. The van der Waals surface area contributed by atoms with Crippen LogP contribution < -0.4 is 10.1 Å². The van der Waals surface area contributed by atoms with E-state index >= 15 is 0 Å². The third-order valence-electron chi connectivity index (χ3n) is 3.28. The molecule has 0 aliphatic heterocycles. The van der Waals surface area contributed by atoms with Crippen molar-refractivity contribution in [3.63, 3.8) is 0 Å². The van der Waals surface area contributed by atoms with Crippen molar-refractivity contribution >= 4 is 23.0 Å². The predicted octanol–water partition coefficient (Wildman–Crippen LogP) is 3.79. The van der Waals surface area contributed by atoms with E-state index in [2.05, 4.69) is 5.32 Å². The minimum atomic E-state index is -0.787. The molecule has 0 aromatic heterocycles. The summed E-state index contributed by atoms with van der Waals surface area (Å²) in [5, 5.41) is 24.3. The Morgan fingerprint density at radius 1 is 1.04 bits per heavy atom. The van der Waals surface area contributed by atoms with Gasteiger partial charge in [0.1, 0.15) is 5.75 Å². The molecule has 0 saturated heterocycles. The molecule has 2 aromatic rings. The van der Waals surface area contributed by atoms with E-state index < -0.39 is 27.1 Å². The SMILES string of the molecule is CC(C)COc1ccc(NC(=O)c2cc([N+](=O)[O-])cc([N+](=O)[O-])c2)cc1. The van der Waals surface area contributed by atoms with Crippen molar-refractivity contribution in [1.29, 1.82) is 0 Å². The van der Waals surface area contributed by atoms with E-state index in [0.717, 1.165) is 18.2 Å². The first-order chi connectivity index (χ1) is 12.3. The largest absolute Gasteiger partial charge is 0.493 e. The van der Waals surface area contributed by atoms with Gasteiger partial charge in [-0.2, -0.15) is 0 Å². The lowest BCUT2D eigenvalue weighted by atomic mass is 10.1. The van der Waals surface area contributed by atoms with Crippen molar-refractivity contribution in [1.82, 2.24) is 0 Å². The number of nitro benzene ring substituents is 2. The Balaban J connectivity index is 2.16. The zero-order valence-corrected chi connectivity index (χ0v) is 14.2. The molecule has 1 N–H and O–H groups in total. The van der Waals surface area contributed by atoms with E-state index in [1.54, 1.807) is 24.3 Å². The maximum absolute atomic E-state index is 12.3. The van der Waals surface area contributed by atoms with Gasteiger partial charge in [0.25, 0.3) is 17.3 Å². The lowest BCUT2D eigenvalue weighted by Gasteiger charge is -2.10. The van der Waals surface area contributed by atoms with E-state index in [-0.39, 0.29) is 5.56 Å². The van der Waals surface area contributed by atoms with Crippen molar-refractivity contribution in [2.24, 2.45) is 5.92 Å². The summed E-state index contributed by atoms with van der Waals surface area (Å²) in [4.78, 5) is 32.5. The molecule has 9 nitrogen and oxygen atoms in total. The van der Waals surface area contributed by atoms with Gasteiger partial charge in [-0.3, -0.25) is 25.0 Å². The fourth-order valence-corrected chi connectivity index (χ4v) is 2.04. The number of rotatable bonds is 7. The van der Waals surface area contributed by atoms with Crippen LogP contribution in [0.5, 0.6) is 5.75 Å². The highest BCUT2D eigenvalue weighted by Crippen LogP contribution is 2.24. The van der Waals surface area contributed by atoms with Gasteiger partial charge < -0.3 is 10.1 Å². The number of nitrogens with zero attached hydrogens (tertiary/aromatic N) is 2. The van der Waals surface area contributed by atoms with Gasteiger partial charge in [0.2, 0.25) is 0 Å². The average Bonchev–Trinajstić information content (AvgIpc) is 2.60. The molecule has 9 heteroatoms. The van der Waals surface area contributed by atoms with Crippen molar-refractivity contribution in [3.8, 4) is 5.75 Å². The molecule has 0 heterocycles. The fourth-order valence-electron chi connectivity index (χ4n) is 2.04. The molecule has 0 unspecified atom stereocenters. The first-order valence-electron chi connectivity index (χ1n) is 7.74. The monoisotopic (exact) mass is 359 g/mol. The van der Waals surface area contributed by atoms with Gasteiger partial charge in [-0.1, -0.05) is 13.8 Å². The van der Waals surface area contributed by atoms with Gasteiger partial charge in [-0.05, 0) is 30.2 Å². The number of non-ortho nitro benzene ring substituents is 2. The molecular formula is C17H17N3O6. The number of hydrogen-bond acceptors (Lipinski definition) is 6.